The highest BCUT2D eigenvalue weighted by Gasteiger charge is 2.72. The standard InChI is InChI=1S/C31H34ClN3O4/c1-18-12-13-22(16-19(18)2)34-28(36)25-24-14-15-31(39-24)26(25)30(38)35(17-20-8-6-7-11-23(20)32)27(31)29(37)33-21-9-4-3-5-10-21/h6-8,11-16,21,24-27H,3-5,9-10,17H2,1-2H3,(H,33,37)(H,34,36)/t24-,25+,26-,27+,31-/m0/s1. The minimum Gasteiger partial charge on any atom is -0.359 e. The van der Waals surface area contributed by atoms with Crippen molar-refractivity contribution in [3.63, 3.8) is 0 Å². The van der Waals surface area contributed by atoms with Crippen LogP contribution in [-0.2, 0) is 25.7 Å². The van der Waals surface area contributed by atoms with Gasteiger partial charge in [0, 0.05) is 23.3 Å². The van der Waals surface area contributed by atoms with Crippen LogP contribution in [0.25, 0.3) is 0 Å². The molecule has 6 rings (SSSR count). The first kappa shape index (κ1) is 26.1. The Morgan fingerprint density at radius 2 is 1.82 bits per heavy atom. The van der Waals surface area contributed by atoms with Gasteiger partial charge in [0.1, 0.15) is 11.6 Å². The summed E-state index contributed by atoms with van der Waals surface area (Å²) in [7, 11) is 0. The van der Waals surface area contributed by atoms with Crippen LogP contribution in [0, 0.1) is 25.7 Å². The van der Waals surface area contributed by atoms with Crippen molar-refractivity contribution in [2.45, 2.75) is 76.3 Å². The normalized spacial score (nSPS) is 29.5. The van der Waals surface area contributed by atoms with Crippen LogP contribution in [0.15, 0.2) is 54.6 Å². The van der Waals surface area contributed by atoms with Crippen LogP contribution in [0.3, 0.4) is 0 Å². The fourth-order valence-electron chi connectivity index (χ4n) is 6.82. The van der Waals surface area contributed by atoms with Gasteiger partial charge < -0.3 is 20.3 Å². The fraction of sp³-hybridized carbons (Fsp3) is 0.452. The first-order chi connectivity index (χ1) is 18.8. The summed E-state index contributed by atoms with van der Waals surface area (Å²) in [4.78, 5) is 43.4. The van der Waals surface area contributed by atoms with E-state index < -0.39 is 29.6 Å². The van der Waals surface area contributed by atoms with Crippen molar-refractivity contribution in [2.24, 2.45) is 11.8 Å². The molecule has 2 saturated heterocycles. The van der Waals surface area contributed by atoms with Crippen molar-refractivity contribution in [1.29, 1.82) is 0 Å². The van der Waals surface area contributed by atoms with Gasteiger partial charge in [-0.1, -0.05) is 67.3 Å². The van der Waals surface area contributed by atoms with Crippen molar-refractivity contribution < 1.29 is 19.1 Å². The van der Waals surface area contributed by atoms with Crippen LogP contribution in [0.2, 0.25) is 5.02 Å². The highest BCUT2D eigenvalue weighted by Crippen LogP contribution is 2.55. The maximum atomic E-state index is 14.2. The average Bonchev–Trinajstić information content (AvgIpc) is 3.56. The van der Waals surface area contributed by atoms with E-state index in [2.05, 4.69) is 10.6 Å². The summed E-state index contributed by atoms with van der Waals surface area (Å²) >= 11 is 6.48. The van der Waals surface area contributed by atoms with E-state index in [1.165, 1.54) is 6.42 Å². The first-order valence-corrected chi connectivity index (χ1v) is 14.3. The molecule has 1 aliphatic carbocycles. The zero-order valence-electron chi connectivity index (χ0n) is 22.3. The van der Waals surface area contributed by atoms with Gasteiger partial charge in [0.25, 0.3) is 0 Å². The van der Waals surface area contributed by atoms with Crippen molar-refractivity contribution in [3.8, 4) is 0 Å². The van der Waals surface area contributed by atoms with Crippen LogP contribution in [-0.4, -0.2) is 46.4 Å². The second-order valence-corrected chi connectivity index (χ2v) is 11.8. The van der Waals surface area contributed by atoms with Gasteiger partial charge in [-0.15, -0.1) is 0 Å². The molecule has 0 radical (unpaired) electrons. The number of hydrogen-bond acceptors (Lipinski definition) is 4. The number of carbonyl (C=O) groups is 3. The Morgan fingerprint density at radius 1 is 1.05 bits per heavy atom. The second kappa shape index (κ2) is 10.1. The number of ether oxygens (including phenoxy) is 1. The molecule has 7 nitrogen and oxygen atoms in total. The molecule has 2 aromatic rings. The van der Waals surface area contributed by atoms with Crippen LogP contribution in [0.5, 0.6) is 0 Å². The number of aryl methyl sites for hydroxylation is 2. The molecule has 3 aliphatic heterocycles. The molecular formula is C31H34ClN3O4. The third-order valence-corrected chi connectivity index (χ3v) is 9.32. The van der Waals surface area contributed by atoms with Gasteiger partial charge in [-0.3, -0.25) is 14.4 Å². The van der Waals surface area contributed by atoms with E-state index in [0.29, 0.717) is 10.7 Å². The molecule has 204 valence electrons. The molecule has 1 spiro atoms. The Hall–Kier alpha value is -3.16. The largest absolute Gasteiger partial charge is 0.359 e. The Bertz CT molecular complexity index is 1350. The summed E-state index contributed by atoms with van der Waals surface area (Å²) in [6, 6.07) is 12.2. The number of nitrogens with one attached hydrogen (secondary N) is 2. The Labute approximate surface area is 233 Å². The van der Waals surface area contributed by atoms with E-state index in [1.54, 1.807) is 11.0 Å². The van der Waals surface area contributed by atoms with Gasteiger partial charge in [0.2, 0.25) is 17.7 Å². The smallest absolute Gasteiger partial charge is 0.246 e. The number of fused-ring (bicyclic) bond motifs is 1. The minimum absolute atomic E-state index is 0.0745. The molecule has 0 aromatic heterocycles. The molecule has 2 bridgehead atoms. The summed E-state index contributed by atoms with van der Waals surface area (Å²) in [6.07, 6.45) is 8.28. The third-order valence-electron chi connectivity index (χ3n) is 8.95. The minimum atomic E-state index is -1.20. The molecule has 5 atom stereocenters. The molecule has 2 aromatic carbocycles. The van der Waals surface area contributed by atoms with Gasteiger partial charge >= 0.3 is 0 Å². The summed E-state index contributed by atoms with van der Waals surface area (Å²) in [5, 5.41) is 6.75. The molecular weight excluding hydrogens is 514 g/mol. The Balaban J connectivity index is 1.33. The quantitative estimate of drug-likeness (QED) is 0.513. The van der Waals surface area contributed by atoms with Crippen LogP contribution in [0.4, 0.5) is 5.69 Å². The van der Waals surface area contributed by atoms with E-state index in [4.69, 9.17) is 16.3 Å². The van der Waals surface area contributed by atoms with Gasteiger partial charge in [0.15, 0.2) is 0 Å². The number of amides is 3. The predicted octanol–water partition coefficient (Wildman–Crippen LogP) is 4.70. The molecule has 1 saturated carbocycles. The van der Waals surface area contributed by atoms with Gasteiger partial charge in [-0.2, -0.15) is 0 Å². The number of carbonyl (C=O) groups excluding carboxylic acids is 3. The number of rotatable bonds is 6. The highest BCUT2D eigenvalue weighted by molar-refractivity contribution is 6.31. The fourth-order valence-corrected chi connectivity index (χ4v) is 7.02. The van der Waals surface area contributed by atoms with E-state index in [0.717, 1.165) is 42.4 Å². The Kier molecular flexibility index (Phi) is 6.76. The molecule has 4 aliphatic rings. The zero-order chi connectivity index (χ0) is 27.3. The first-order valence-electron chi connectivity index (χ1n) is 13.9. The van der Waals surface area contributed by atoms with E-state index >= 15 is 0 Å². The molecule has 3 heterocycles. The number of likely N-dealkylation sites (tertiary alicyclic amines) is 1. The summed E-state index contributed by atoms with van der Waals surface area (Å²) in [6.45, 7) is 4.17. The molecule has 0 unspecified atom stereocenters. The molecule has 3 fully saturated rings. The maximum absolute atomic E-state index is 14.2. The van der Waals surface area contributed by atoms with E-state index in [9.17, 15) is 14.4 Å². The van der Waals surface area contributed by atoms with Crippen molar-refractivity contribution in [2.75, 3.05) is 5.32 Å². The van der Waals surface area contributed by atoms with E-state index in [1.807, 2.05) is 62.4 Å². The summed E-state index contributed by atoms with van der Waals surface area (Å²) < 4.78 is 6.46. The second-order valence-electron chi connectivity index (χ2n) is 11.4. The number of hydrogen-bond donors (Lipinski definition) is 2. The highest BCUT2D eigenvalue weighted by atomic mass is 35.5. The average molecular weight is 548 g/mol. The van der Waals surface area contributed by atoms with E-state index in [-0.39, 0.29) is 30.3 Å². The zero-order valence-corrected chi connectivity index (χ0v) is 23.0. The van der Waals surface area contributed by atoms with Crippen LogP contribution < -0.4 is 10.6 Å². The van der Waals surface area contributed by atoms with Gasteiger partial charge in [-0.25, -0.2) is 0 Å². The Morgan fingerprint density at radius 3 is 2.56 bits per heavy atom. The van der Waals surface area contributed by atoms with Crippen molar-refractivity contribution >= 4 is 35.0 Å². The van der Waals surface area contributed by atoms with Gasteiger partial charge in [-0.05, 0) is 61.6 Å². The molecule has 3 amide bonds. The summed E-state index contributed by atoms with van der Waals surface area (Å²) in [5.74, 6) is -2.32. The monoisotopic (exact) mass is 547 g/mol. The lowest BCUT2D eigenvalue weighted by Gasteiger charge is -2.34. The number of nitrogens with zero attached hydrogens (tertiary/aromatic N) is 1. The third kappa shape index (κ3) is 4.45. The molecule has 2 N–H and O–H groups in total. The maximum Gasteiger partial charge on any atom is 0.246 e. The number of halogens is 1. The van der Waals surface area contributed by atoms with Crippen LogP contribution >= 0.6 is 11.6 Å². The van der Waals surface area contributed by atoms with Crippen molar-refractivity contribution in [1.82, 2.24) is 10.2 Å². The van der Waals surface area contributed by atoms with Gasteiger partial charge in [0.05, 0.1) is 17.9 Å². The molecule has 39 heavy (non-hydrogen) atoms. The lowest BCUT2D eigenvalue weighted by Crippen LogP contribution is -2.56. The SMILES string of the molecule is Cc1ccc(NC(=O)[C@@H]2[C@@H]3C=C[C@]4(O3)[C@@H]2C(=O)N(Cc2ccccc2Cl)[C@@H]4C(=O)NC2CCCCC2)cc1C. The molecule has 8 heteroatoms. The lowest BCUT2D eigenvalue weighted by atomic mass is 9.74. The predicted molar refractivity (Wildman–Crippen MR) is 149 cm³/mol. The topological polar surface area (TPSA) is 87.7 Å². The van der Waals surface area contributed by atoms with Crippen molar-refractivity contribution in [3.05, 3.63) is 76.3 Å². The lowest BCUT2D eigenvalue weighted by molar-refractivity contribution is -0.142. The number of benzene rings is 2. The van der Waals surface area contributed by atoms with Crippen LogP contribution in [0.1, 0.15) is 48.8 Å². The summed E-state index contributed by atoms with van der Waals surface area (Å²) in [5.41, 5.74) is 2.41. The number of anilines is 1.